The lowest BCUT2D eigenvalue weighted by Crippen LogP contribution is -2.35. The lowest BCUT2D eigenvalue weighted by atomic mass is 10.2. The first-order valence-electron chi connectivity index (χ1n) is 10.5. The van der Waals surface area contributed by atoms with E-state index in [-0.39, 0.29) is 12.3 Å². The first-order chi connectivity index (χ1) is 14.3. The molecule has 1 unspecified atom stereocenters. The number of carbonyl (C=O) groups excluding carboxylic acids is 1. The van der Waals surface area contributed by atoms with Gasteiger partial charge in [-0.3, -0.25) is 4.79 Å². The third-order valence-corrected chi connectivity index (χ3v) is 9.98. The van der Waals surface area contributed by atoms with Crippen LogP contribution in [0.3, 0.4) is 0 Å². The van der Waals surface area contributed by atoms with E-state index in [1.54, 1.807) is 16.4 Å². The second kappa shape index (κ2) is 10.3. The summed E-state index contributed by atoms with van der Waals surface area (Å²) in [6.07, 6.45) is 4.18. The summed E-state index contributed by atoms with van der Waals surface area (Å²) >= 11 is 3.03. The predicted octanol–water partition coefficient (Wildman–Crippen LogP) is 5.30. The number of sulfonamides is 1. The Balaban J connectivity index is 1.62. The topological polar surface area (TPSA) is 66.5 Å². The van der Waals surface area contributed by atoms with Gasteiger partial charge in [-0.1, -0.05) is 20.3 Å². The van der Waals surface area contributed by atoms with Crippen molar-refractivity contribution in [1.82, 2.24) is 4.31 Å². The van der Waals surface area contributed by atoms with Crippen LogP contribution in [0.2, 0.25) is 0 Å². The number of aryl methyl sites for hydroxylation is 1. The highest BCUT2D eigenvalue weighted by molar-refractivity contribution is 8.00. The van der Waals surface area contributed by atoms with E-state index in [0.29, 0.717) is 22.5 Å². The number of hydrogen-bond acceptors (Lipinski definition) is 5. The third-order valence-electron chi connectivity index (χ3n) is 5.27. The summed E-state index contributed by atoms with van der Waals surface area (Å²) < 4.78 is 27.5. The van der Waals surface area contributed by atoms with E-state index >= 15 is 0 Å². The second-order valence-electron chi connectivity index (χ2n) is 7.72. The largest absolute Gasteiger partial charge is 0.326 e. The molecule has 0 radical (unpaired) electrons. The van der Waals surface area contributed by atoms with E-state index in [1.807, 2.05) is 30.8 Å². The SMILES string of the molecule is CCC(C)Sc1ccc(NC(=O)Cc2ccc(S(=O)(=O)N3CCCCC3)s2)c(C)c1. The van der Waals surface area contributed by atoms with Gasteiger partial charge in [-0.15, -0.1) is 23.1 Å². The van der Waals surface area contributed by atoms with Crippen LogP contribution in [-0.4, -0.2) is 37.0 Å². The summed E-state index contributed by atoms with van der Waals surface area (Å²) in [6.45, 7) is 7.54. The monoisotopic (exact) mass is 466 g/mol. The van der Waals surface area contributed by atoms with Gasteiger partial charge in [-0.2, -0.15) is 4.31 Å². The standard InChI is InChI=1S/C22H30N2O3S3/c1-4-17(3)28-18-8-10-20(16(2)14-18)23-21(25)15-19-9-11-22(29-19)30(26,27)24-12-6-5-7-13-24/h8-11,14,17H,4-7,12-13,15H2,1-3H3,(H,23,25). The minimum atomic E-state index is -3.44. The zero-order valence-corrected chi connectivity index (χ0v) is 20.3. The van der Waals surface area contributed by atoms with Gasteiger partial charge >= 0.3 is 0 Å². The summed E-state index contributed by atoms with van der Waals surface area (Å²) in [7, 11) is -3.44. The number of benzene rings is 1. The van der Waals surface area contributed by atoms with Crippen LogP contribution in [0.15, 0.2) is 39.4 Å². The van der Waals surface area contributed by atoms with Crippen LogP contribution in [0.4, 0.5) is 5.69 Å². The van der Waals surface area contributed by atoms with Crippen LogP contribution < -0.4 is 5.32 Å². The molecule has 2 heterocycles. The van der Waals surface area contributed by atoms with Crippen LogP contribution in [0.5, 0.6) is 0 Å². The molecule has 1 saturated heterocycles. The van der Waals surface area contributed by atoms with Crippen LogP contribution >= 0.6 is 23.1 Å². The van der Waals surface area contributed by atoms with Gasteiger partial charge in [-0.25, -0.2) is 8.42 Å². The Morgan fingerprint density at radius 1 is 1.20 bits per heavy atom. The number of piperidine rings is 1. The molecule has 1 fully saturated rings. The molecule has 2 aromatic rings. The first kappa shape index (κ1) is 23.3. The summed E-state index contributed by atoms with van der Waals surface area (Å²) in [6, 6.07) is 9.45. The summed E-state index contributed by atoms with van der Waals surface area (Å²) in [5.41, 5.74) is 1.82. The number of thiophene rings is 1. The third kappa shape index (κ3) is 5.87. The molecule has 8 heteroatoms. The van der Waals surface area contributed by atoms with Crippen molar-refractivity contribution in [2.24, 2.45) is 0 Å². The Bertz CT molecular complexity index is 979. The molecule has 30 heavy (non-hydrogen) atoms. The maximum absolute atomic E-state index is 12.8. The molecule has 1 aliphatic rings. The number of nitrogens with zero attached hydrogens (tertiary/aromatic N) is 1. The highest BCUT2D eigenvalue weighted by Crippen LogP contribution is 2.30. The summed E-state index contributed by atoms with van der Waals surface area (Å²) in [4.78, 5) is 14.5. The molecule has 0 bridgehead atoms. The number of nitrogens with one attached hydrogen (secondary N) is 1. The predicted molar refractivity (Wildman–Crippen MR) is 126 cm³/mol. The van der Waals surface area contributed by atoms with Gasteiger partial charge in [0.25, 0.3) is 10.0 Å². The van der Waals surface area contributed by atoms with Gasteiger partial charge in [0.15, 0.2) is 0 Å². The Hall–Kier alpha value is -1.35. The molecule has 1 aromatic carbocycles. The second-order valence-corrected chi connectivity index (χ2v) is 12.6. The fraction of sp³-hybridized carbons (Fsp3) is 0.500. The molecule has 1 amide bonds. The van der Waals surface area contributed by atoms with Gasteiger partial charge in [-0.05, 0) is 62.1 Å². The van der Waals surface area contributed by atoms with Crippen LogP contribution in [0.25, 0.3) is 0 Å². The molecule has 0 saturated carbocycles. The van der Waals surface area contributed by atoms with E-state index in [1.165, 1.54) is 16.2 Å². The Morgan fingerprint density at radius 3 is 2.60 bits per heavy atom. The molecule has 0 spiro atoms. The maximum atomic E-state index is 12.8. The van der Waals surface area contributed by atoms with E-state index in [2.05, 4.69) is 25.2 Å². The zero-order chi connectivity index (χ0) is 21.7. The maximum Gasteiger partial charge on any atom is 0.252 e. The fourth-order valence-corrected chi connectivity index (χ4v) is 7.39. The number of carbonyl (C=O) groups is 1. The van der Waals surface area contributed by atoms with Crippen molar-refractivity contribution in [1.29, 1.82) is 0 Å². The molecule has 164 valence electrons. The minimum Gasteiger partial charge on any atom is -0.326 e. The van der Waals surface area contributed by atoms with Gasteiger partial charge in [0, 0.05) is 33.8 Å². The number of amides is 1. The lowest BCUT2D eigenvalue weighted by molar-refractivity contribution is -0.115. The Labute approximate surface area is 188 Å². The van der Waals surface area contributed by atoms with Crippen molar-refractivity contribution in [3.05, 3.63) is 40.8 Å². The lowest BCUT2D eigenvalue weighted by Gasteiger charge is -2.25. The van der Waals surface area contributed by atoms with Crippen molar-refractivity contribution < 1.29 is 13.2 Å². The molecule has 1 N–H and O–H groups in total. The van der Waals surface area contributed by atoms with E-state index in [0.717, 1.165) is 41.8 Å². The minimum absolute atomic E-state index is 0.135. The number of anilines is 1. The molecule has 1 aliphatic heterocycles. The quantitative estimate of drug-likeness (QED) is 0.536. The van der Waals surface area contributed by atoms with Crippen molar-refractivity contribution in [2.45, 2.75) is 67.2 Å². The van der Waals surface area contributed by atoms with Gasteiger partial charge in [0.05, 0.1) is 6.42 Å². The first-order valence-corrected chi connectivity index (χ1v) is 13.6. The molecular weight excluding hydrogens is 436 g/mol. The van der Waals surface area contributed by atoms with E-state index in [4.69, 9.17) is 0 Å². The molecule has 5 nitrogen and oxygen atoms in total. The van der Waals surface area contributed by atoms with Crippen molar-refractivity contribution in [3.63, 3.8) is 0 Å². The van der Waals surface area contributed by atoms with Gasteiger partial charge < -0.3 is 5.32 Å². The number of rotatable bonds is 8. The van der Waals surface area contributed by atoms with Crippen LogP contribution in [-0.2, 0) is 21.2 Å². The van der Waals surface area contributed by atoms with E-state index < -0.39 is 10.0 Å². The van der Waals surface area contributed by atoms with Crippen molar-refractivity contribution in [2.75, 3.05) is 18.4 Å². The summed E-state index contributed by atoms with van der Waals surface area (Å²) in [5.74, 6) is -0.135. The number of thioether (sulfide) groups is 1. The van der Waals surface area contributed by atoms with Crippen molar-refractivity contribution in [3.8, 4) is 0 Å². The van der Waals surface area contributed by atoms with Gasteiger partial charge in [0.2, 0.25) is 5.91 Å². The average molecular weight is 467 g/mol. The number of hydrogen-bond donors (Lipinski definition) is 1. The zero-order valence-electron chi connectivity index (χ0n) is 17.8. The highest BCUT2D eigenvalue weighted by Gasteiger charge is 2.27. The normalized spacial score (nSPS) is 16.4. The van der Waals surface area contributed by atoms with Crippen molar-refractivity contribution >= 4 is 44.7 Å². The van der Waals surface area contributed by atoms with Gasteiger partial charge in [0.1, 0.15) is 4.21 Å². The molecule has 1 atom stereocenters. The van der Waals surface area contributed by atoms with E-state index in [9.17, 15) is 13.2 Å². The molecule has 3 rings (SSSR count). The van der Waals surface area contributed by atoms with Crippen LogP contribution in [0.1, 0.15) is 50.0 Å². The van der Waals surface area contributed by atoms with Crippen LogP contribution in [0, 0.1) is 6.92 Å². The Kier molecular flexibility index (Phi) is 8.01. The summed E-state index contributed by atoms with van der Waals surface area (Å²) in [5, 5.41) is 3.52. The highest BCUT2D eigenvalue weighted by atomic mass is 32.2. The molecular formula is C22H30N2O3S3. The Morgan fingerprint density at radius 2 is 1.93 bits per heavy atom. The average Bonchev–Trinajstić information content (AvgIpc) is 3.20. The fourth-order valence-electron chi connectivity index (χ4n) is 3.34. The molecule has 0 aliphatic carbocycles. The smallest absolute Gasteiger partial charge is 0.252 e. The molecule has 1 aromatic heterocycles.